The minimum atomic E-state index is -0.959. The van der Waals surface area contributed by atoms with E-state index in [1.165, 1.54) is 12.0 Å². The Bertz CT molecular complexity index is 1430. The second-order valence-corrected chi connectivity index (χ2v) is 13.6. The largest absolute Gasteiger partial charge is 0.497 e. The molecule has 1 saturated carbocycles. The van der Waals surface area contributed by atoms with Gasteiger partial charge < -0.3 is 29.2 Å². The first kappa shape index (κ1) is 34.8. The molecule has 10 nitrogen and oxygen atoms in total. The second kappa shape index (κ2) is 15.0. The SMILES string of the molecule is C=CCCC[C@@H]1C[C@@H](C)C[C@H]1OC(=O)N[C@H](C(=O)N1C[C@H](Oc2nc3cc(OC)ccc3cc2C=C)C[C@H]1C(=O)OC)C(C)(C)C. The number of esters is 1. The van der Waals surface area contributed by atoms with E-state index >= 15 is 0 Å². The van der Waals surface area contributed by atoms with Crippen LogP contribution >= 0.6 is 0 Å². The zero-order chi connectivity index (χ0) is 33.6. The number of benzene rings is 1. The van der Waals surface area contributed by atoms with Crippen molar-refractivity contribution in [2.45, 2.75) is 90.5 Å². The van der Waals surface area contributed by atoms with Crippen molar-refractivity contribution in [3.8, 4) is 11.6 Å². The molecule has 0 spiro atoms. The van der Waals surface area contributed by atoms with E-state index in [1.807, 2.05) is 51.1 Å². The summed E-state index contributed by atoms with van der Waals surface area (Å²) in [5.41, 5.74) is 0.667. The maximum atomic E-state index is 14.2. The number of methoxy groups -OCH3 is 2. The predicted molar refractivity (Wildman–Crippen MR) is 178 cm³/mol. The third-order valence-corrected chi connectivity index (χ3v) is 9.02. The summed E-state index contributed by atoms with van der Waals surface area (Å²) in [5.74, 6) is 0.752. The van der Waals surface area contributed by atoms with Crippen LogP contribution in [-0.2, 0) is 19.1 Å². The van der Waals surface area contributed by atoms with E-state index in [1.54, 1.807) is 13.2 Å². The molecule has 1 saturated heterocycles. The van der Waals surface area contributed by atoms with Crippen molar-refractivity contribution in [3.63, 3.8) is 0 Å². The van der Waals surface area contributed by atoms with Gasteiger partial charge in [-0.05, 0) is 67.6 Å². The molecular weight excluding hydrogens is 586 g/mol. The van der Waals surface area contributed by atoms with Crippen molar-refractivity contribution in [1.82, 2.24) is 15.2 Å². The van der Waals surface area contributed by atoms with Gasteiger partial charge in [0, 0.05) is 23.4 Å². The van der Waals surface area contributed by atoms with Crippen LogP contribution in [0.25, 0.3) is 17.0 Å². The van der Waals surface area contributed by atoms with Crippen molar-refractivity contribution in [3.05, 3.63) is 49.1 Å². The molecule has 10 heteroatoms. The van der Waals surface area contributed by atoms with E-state index in [4.69, 9.17) is 23.9 Å². The van der Waals surface area contributed by atoms with Gasteiger partial charge in [-0.2, -0.15) is 0 Å². The first-order valence-electron chi connectivity index (χ1n) is 16.1. The molecule has 2 fully saturated rings. The van der Waals surface area contributed by atoms with Gasteiger partial charge in [-0.3, -0.25) is 4.79 Å². The molecule has 0 unspecified atom stereocenters. The number of fused-ring (bicyclic) bond motifs is 1. The Hall–Kier alpha value is -4.08. The fourth-order valence-corrected chi connectivity index (χ4v) is 6.59. The first-order valence-corrected chi connectivity index (χ1v) is 16.1. The average Bonchev–Trinajstić information content (AvgIpc) is 3.60. The lowest BCUT2D eigenvalue weighted by atomic mass is 9.85. The van der Waals surface area contributed by atoms with Crippen LogP contribution in [0.15, 0.2) is 43.5 Å². The molecule has 6 atom stereocenters. The summed E-state index contributed by atoms with van der Waals surface area (Å²) < 4.78 is 22.7. The Kier molecular flexibility index (Phi) is 11.3. The lowest BCUT2D eigenvalue weighted by Crippen LogP contribution is -2.57. The van der Waals surface area contributed by atoms with Gasteiger partial charge in [0.25, 0.3) is 0 Å². The molecule has 4 rings (SSSR count). The van der Waals surface area contributed by atoms with E-state index in [-0.39, 0.29) is 25.0 Å². The predicted octanol–water partition coefficient (Wildman–Crippen LogP) is 6.32. The summed E-state index contributed by atoms with van der Waals surface area (Å²) in [6, 6.07) is 5.63. The van der Waals surface area contributed by atoms with Gasteiger partial charge in [-0.25, -0.2) is 14.6 Å². The Morgan fingerprint density at radius 3 is 2.54 bits per heavy atom. The van der Waals surface area contributed by atoms with Crippen LogP contribution in [0, 0.1) is 17.3 Å². The number of rotatable bonds is 12. The summed E-state index contributed by atoms with van der Waals surface area (Å²) >= 11 is 0. The van der Waals surface area contributed by atoms with E-state index in [0.29, 0.717) is 28.6 Å². The number of unbranched alkanes of at least 4 members (excludes halogenated alkanes) is 1. The standard InChI is InChI=1S/C36H49N3O7/c1-9-11-12-13-25-16-22(3)17-30(25)46-35(42)38-31(36(4,5)6)33(40)39-21-27(20-29(39)34(41)44-8)45-32-23(10-2)18-24-14-15-26(43-7)19-28(24)37-32/h9-10,14-15,18-19,22,25,27,29-31H,1-2,11-13,16-17,20-21H2,3-8H3,(H,38,42)/t22-,25-,27-,29+,30-,31-/m1/s1. The summed E-state index contributed by atoms with van der Waals surface area (Å²) in [6.45, 7) is 15.6. The molecule has 1 aliphatic carbocycles. The molecule has 2 heterocycles. The smallest absolute Gasteiger partial charge is 0.408 e. The van der Waals surface area contributed by atoms with Crippen LogP contribution < -0.4 is 14.8 Å². The molecule has 0 radical (unpaired) electrons. The summed E-state index contributed by atoms with van der Waals surface area (Å²) in [7, 11) is 2.88. The van der Waals surface area contributed by atoms with Crippen LogP contribution in [0.5, 0.6) is 11.6 Å². The van der Waals surface area contributed by atoms with Gasteiger partial charge in [0.2, 0.25) is 11.8 Å². The van der Waals surface area contributed by atoms with Crippen molar-refractivity contribution in [1.29, 1.82) is 0 Å². The van der Waals surface area contributed by atoms with Crippen LogP contribution in [-0.4, -0.2) is 72.9 Å². The number of pyridine rings is 1. The lowest BCUT2D eigenvalue weighted by molar-refractivity contribution is -0.152. The number of nitrogens with one attached hydrogen (secondary N) is 1. The Morgan fingerprint density at radius 1 is 1.13 bits per heavy atom. The molecule has 2 aliphatic rings. The molecule has 1 aromatic carbocycles. The van der Waals surface area contributed by atoms with Gasteiger partial charge in [0.05, 0.1) is 26.3 Å². The van der Waals surface area contributed by atoms with Gasteiger partial charge >= 0.3 is 12.1 Å². The quantitative estimate of drug-likeness (QED) is 0.164. The highest BCUT2D eigenvalue weighted by Crippen LogP contribution is 2.37. The third-order valence-electron chi connectivity index (χ3n) is 9.02. The summed E-state index contributed by atoms with van der Waals surface area (Å²) in [6.07, 6.45) is 7.02. The molecule has 250 valence electrons. The van der Waals surface area contributed by atoms with Crippen LogP contribution in [0.3, 0.4) is 0 Å². The van der Waals surface area contributed by atoms with E-state index in [2.05, 4.69) is 25.4 Å². The van der Waals surface area contributed by atoms with Crippen molar-refractivity contribution in [2.24, 2.45) is 17.3 Å². The minimum absolute atomic E-state index is 0.0990. The highest BCUT2D eigenvalue weighted by Gasteiger charge is 2.47. The second-order valence-electron chi connectivity index (χ2n) is 13.6. The summed E-state index contributed by atoms with van der Waals surface area (Å²) in [4.78, 5) is 46.6. The fourth-order valence-electron chi connectivity index (χ4n) is 6.59. The van der Waals surface area contributed by atoms with E-state index in [9.17, 15) is 14.4 Å². The van der Waals surface area contributed by atoms with E-state index in [0.717, 1.165) is 37.5 Å². The fraction of sp³-hybridized carbons (Fsp3) is 0.556. The van der Waals surface area contributed by atoms with Crippen molar-refractivity contribution >= 4 is 34.9 Å². The normalized spacial score (nSPS) is 23.4. The van der Waals surface area contributed by atoms with Gasteiger partial charge in [0.15, 0.2) is 0 Å². The van der Waals surface area contributed by atoms with Crippen LogP contribution in [0.4, 0.5) is 4.79 Å². The number of alkyl carbamates (subject to hydrolysis) is 1. The molecule has 1 N–H and O–H groups in total. The number of aromatic nitrogens is 1. The van der Waals surface area contributed by atoms with Crippen molar-refractivity contribution in [2.75, 3.05) is 20.8 Å². The lowest BCUT2D eigenvalue weighted by Gasteiger charge is -2.35. The molecule has 0 bridgehead atoms. The van der Waals surface area contributed by atoms with E-state index < -0.39 is 41.6 Å². The molecule has 2 amide bonds. The number of nitrogens with zero attached hydrogens (tertiary/aromatic N) is 2. The number of hydrogen-bond acceptors (Lipinski definition) is 8. The Balaban J connectivity index is 1.52. The van der Waals surface area contributed by atoms with Gasteiger partial charge in [-0.1, -0.05) is 46.4 Å². The first-order chi connectivity index (χ1) is 21.9. The summed E-state index contributed by atoms with van der Waals surface area (Å²) in [5, 5.41) is 3.74. The molecule has 2 aromatic rings. The number of allylic oxidation sites excluding steroid dienone is 1. The topological polar surface area (TPSA) is 116 Å². The molecule has 1 aromatic heterocycles. The Labute approximate surface area is 272 Å². The van der Waals surface area contributed by atoms with Crippen LogP contribution in [0.2, 0.25) is 0 Å². The van der Waals surface area contributed by atoms with Gasteiger partial charge in [0.1, 0.15) is 30.0 Å². The Morgan fingerprint density at radius 2 is 1.89 bits per heavy atom. The van der Waals surface area contributed by atoms with Gasteiger partial charge in [-0.15, -0.1) is 6.58 Å². The number of carbonyl (C=O) groups is 3. The third kappa shape index (κ3) is 8.19. The number of carbonyl (C=O) groups excluding carboxylic acids is 3. The number of amides is 2. The number of ether oxygens (including phenoxy) is 4. The molecule has 46 heavy (non-hydrogen) atoms. The number of likely N-dealkylation sites (tertiary alicyclic amines) is 1. The van der Waals surface area contributed by atoms with Crippen molar-refractivity contribution < 1.29 is 33.3 Å². The van der Waals surface area contributed by atoms with Crippen LogP contribution in [0.1, 0.15) is 71.8 Å². The molecular formula is C36H49N3O7. The maximum Gasteiger partial charge on any atom is 0.408 e. The zero-order valence-electron chi connectivity index (χ0n) is 28.0. The molecule has 1 aliphatic heterocycles. The highest BCUT2D eigenvalue weighted by atomic mass is 16.6. The average molecular weight is 636 g/mol. The highest BCUT2D eigenvalue weighted by molar-refractivity contribution is 5.91. The maximum absolute atomic E-state index is 14.2. The zero-order valence-corrected chi connectivity index (χ0v) is 28.0. The monoisotopic (exact) mass is 635 g/mol. The minimum Gasteiger partial charge on any atom is -0.497 e. The number of hydrogen-bond donors (Lipinski definition) is 1.